The molecule has 3 heterocycles. The molecule has 5 nitrogen and oxygen atoms in total. The fourth-order valence-electron chi connectivity index (χ4n) is 3.91. The Morgan fingerprint density at radius 1 is 1.00 bits per heavy atom. The standard InChI is InChI=1S/C18H20N2O3S/c1-13-5-7-16(8-6-13)24(22,23)19-10-14-9-15(12-19)17-3-2-4-18(21)20(17)11-14/h2-8,14-15H,9-12H2,1H3/t14-,15-/m1/s1. The normalized spacial score (nSPS) is 23.7. The lowest BCUT2D eigenvalue weighted by Crippen LogP contribution is -2.48. The molecule has 2 aliphatic rings. The molecular formula is C18H20N2O3S. The van der Waals surface area contributed by atoms with Crippen LogP contribution in [-0.4, -0.2) is 30.4 Å². The Labute approximate surface area is 141 Å². The molecule has 2 bridgehead atoms. The number of piperidine rings is 1. The molecule has 2 aromatic rings. The molecule has 0 unspecified atom stereocenters. The summed E-state index contributed by atoms with van der Waals surface area (Å²) in [6.45, 7) is 3.46. The largest absolute Gasteiger partial charge is 0.312 e. The van der Waals surface area contributed by atoms with E-state index in [1.807, 2.05) is 29.7 Å². The van der Waals surface area contributed by atoms with Crippen LogP contribution in [0.2, 0.25) is 0 Å². The van der Waals surface area contributed by atoms with E-state index in [4.69, 9.17) is 0 Å². The first-order valence-corrected chi connectivity index (χ1v) is 9.66. The Balaban J connectivity index is 1.69. The van der Waals surface area contributed by atoms with E-state index in [-0.39, 0.29) is 17.4 Å². The van der Waals surface area contributed by atoms with E-state index in [1.54, 1.807) is 28.6 Å². The fourth-order valence-corrected chi connectivity index (χ4v) is 5.47. The molecule has 2 atom stereocenters. The van der Waals surface area contributed by atoms with Crippen LogP contribution >= 0.6 is 0 Å². The highest BCUT2D eigenvalue weighted by Crippen LogP contribution is 2.37. The fraction of sp³-hybridized carbons (Fsp3) is 0.389. The lowest BCUT2D eigenvalue weighted by Gasteiger charge is -2.42. The Kier molecular flexibility index (Phi) is 3.62. The van der Waals surface area contributed by atoms with Crippen molar-refractivity contribution >= 4 is 10.0 Å². The number of aryl methyl sites for hydroxylation is 1. The third kappa shape index (κ3) is 2.50. The van der Waals surface area contributed by atoms with Crippen molar-refractivity contribution in [2.45, 2.75) is 30.7 Å². The monoisotopic (exact) mass is 344 g/mol. The lowest BCUT2D eigenvalue weighted by atomic mass is 9.84. The first-order valence-electron chi connectivity index (χ1n) is 8.22. The first-order chi connectivity index (χ1) is 11.4. The number of benzene rings is 1. The van der Waals surface area contributed by atoms with Gasteiger partial charge in [-0.2, -0.15) is 4.31 Å². The minimum absolute atomic E-state index is 0.0111. The van der Waals surface area contributed by atoms with Crippen molar-refractivity contribution in [3.8, 4) is 0 Å². The molecule has 6 heteroatoms. The van der Waals surface area contributed by atoms with E-state index < -0.39 is 10.0 Å². The van der Waals surface area contributed by atoms with Gasteiger partial charge in [-0.25, -0.2) is 8.42 Å². The van der Waals surface area contributed by atoms with Gasteiger partial charge in [0.1, 0.15) is 0 Å². The maximum atomic E-state index is 13.0. The summed E-state index contributed by atoms with van der Waals surface area (Å²) >= 11 is 0. The van der Waals surface area contributed by atoms with Crippen molar-refractivity contribution in [2.24, 2.45) is 5.92 Å². The molecule has 24 heavy (non-hydrogen) atoms. The van der Waals surface area contributed by atoms with Gasteiger partial charge in [0.25, 0.3) is 5.56 Å². The molecule has 1 aromatic heterocycles. The van der Waals surface area contributed by atoms with Gasteiger partial charge in [-0.05, 0) is 37.5 Å². The van der Waals surface area contributed by atoms with E-state index in [9.17, 15) is 13.2 Å². The minimum Gasteiger partial charge on any atom is -0.312 e. The molecule has 0 saturated carbocycles. The summed E-state index contributed by atoms with van der Waals surface area (Å²) in [5.74, 6) is 0.281. The van der Waals surface area contributed by atoms with Gasteiger partial charge < -0.3 is 4.57 Å². The van der Waals surface area contributed by atoms with Crippen molar-refractivity contribution < 1.29 is 8.42 Å². The summed E-state index contributed by atoms with van der Waals surface area (Å²) in [5.41, 5.74) is 2.01. The van der Waals surface area contributed by atoms with Crippen LogP contribution in [0, 0.1) is 12.8 Å². The van der Waals surface area contributed by atoms with Gasteiger partial charge in [0.2, 0.25) is 10.0 Å². The second kappa shape index (κ2) is 5.57. The molecule has 126 valence electrons. The summed E-state index contributed by atoms with van der Waals surface area (Å²) in [5, 5.41) is 0. The predicted molar refractivity (Wildman–Crippen MR) is 91.5 cm³/mol. The van der Waals surface area contributed by atoms with Crippen LogP contribution < -0.4 is 5.56 Å². The molecular weight excluding hydrogens is 324 g/mol. The second-order valence-electron chi connectivity index (χ2n) is 6.83. The number of nitrogens with zero attached hydrogens (tertiary/aromatic N) is 2. The molecule has 1 aromatic carbocycles. The van der Waals surface area contributed by atoms with Crippen molar-refractivity contribution in [3.63, 3.8) is 0 Å². The van der Waals surface area contributed by atoms with Gasteiger partial charge in [-0.1, -0.05) is 23.8 Å². The van der Waals surface area contributed by atoms with E-state index >= 15 is 0 Å². The number of hydrogen-bond donors (Lipinski definition) is 0. The van der Waals surface area contributed by atoms with Crippen LogP contribution in [0.3, 0.4) is 0 Å². The molecule has 0 amide bonds. The van der Waals surface area contributed by atoms with Crippen molar-refractivity contribution in [2.75, 3.05) is 13.1 Å². The average Bonchev–Trinajstić information content (AvgIpc) is 2.56. The molecule has 0 N–H and O–H groups in total. The molecule has 1 saturated heterocycles. The highest BCUT2D eigenvalue weighted by molar-refractivity contribution is 7.89. The topological polar surface area (TPSA) is 59.4 Å². The van der Waals surface area contributed by atoms with Crippen LogP contribution in [0.1, 0.15) is 23.6 Å². The van der Waals surface area contributed by atoms with Crippen LogP contribution in [0.25, 0.3) is 0 Å². The van der Waals surface area contributed by atoms with Gasteiger partial charge >= 0.3 is 0 Å². The Morgan fingerprint density at radius 3 is 2.50 bits per heavy atom. The summed E-state index contributed by atoms with van der Waals surface area (Å²) < 4.78 is 29.3. The number of pyridine rings is 1. The molecule has 0 spiro atoms. The molecule has 2 aliphatic heterocycles. The number of hydrogen-bond acceptors (Lipinski definition) is 3. The van der Waals surface area contributed by atoms with Crippen molar-refractivity contribution in [1.82, 2.24) is 8.87 Å². The summed E-state index contributed by atoms with van der Waals surface area (Å²) in [7, 11) is -3.49. The van der Waals surface area contributed by atoms with E-state index in [2.05, 4.69) is 0 Å². The number of aromatic nitrogens is 1. The smallest absolute Gasteiger partial charge is 0.250 e. The summed E-state index contributed by atoms with van der Waals surface area (Å²) in [6.07, 6.45) is 0.948. The second-order valence-corrected chi connectivity index (χ2v) is 8.77. The Hall–Kier alpha value is -1.92. The molecule has 0 radical (unpaired) electrons. The highest BCUT2D eigenvalue weighted by atomic mass is 32.2. The minimum atomic E-state index is -3.49. The maximum Gasteiger partial charge on any atom is 0.250 e. The van der Waals surface area contributed by atoms with E-state index in [1.165, 1.54) is 0 Å². The van der Waals surface area contributed by atoms with Gasteiger partial charge in [-0.3, -0.25) is 4.79 Å². The van der Waals surface area contributed by atoms with Crippen LogP contribution in [-0.2, 0) is 16.6 Å². The zero-order valence-corrected chi connectivity index (χ0v) is 14.4. The van der Waals surface area contributed by atoms with Crippen LogP contribution in [0.5, 0.6) is 0 Å². The van der Waals surface area contributed by atoms with Gasteiger partial charge in [-0.15, -0.1) is 0 Å². The predicted octanol–water partition coefficient (Wildman–Crippen LogP) is 1.96. The lowest BCUT2D eigenvalue weighted by molar-refractivity contribution is 0.186. The van der Waals surface area contributed by atoms with Crippen molar-refractivity contribution in [3.05, 3.63) is 64.1 Å². The van der Waals surface area contributed by atoms with Gasteiger partial charge in [0.15, 0.2) is 0 Å². The van der Waals surface area contributed by atoms with Crippen LogP contribution in [0.4, 0.5) is 0 Å². The zero-order chi connectivity index (χ0) is 16.9. The average molecular weight is 344 g/mol. The van der Waals surface area contributed by atoms with E-state index in [0.717, 1.165) is 17.7 Å². The third-order valence-corrected chi connectivity index (χ3v) is 6.95. The molecule has 4 rings (SSSR count). The first kappa shape index (κ1) is 15.6. The summed E-state index contributed by atoms with van der Waals surface area (Å²) in [6, 6.07) is 12.3. The maximum absolute atomic E-state index is 13.0. The number of rotatable bonds is 2. The van der Waals surface area contributed by atoms with Crippen LogP contribution in [0.15, 0.2) is 52.2 Å². The Morgan fingerprint density at radius 2 is 1.75 bits per heavy atom. The SMILES string of the molecule is Cc1ccc(S(=O)(=O)N2C[C@H]3C[C@H](C2)c2cccc(=O)n2C3)cc1. The number of fused-ring (bicyclic) bond motifs is 4. The van der Waals surface area contributed by atoms with Crippen molar-refractivity contribution in [1.29, 1.82) is 0 Å². The van der Waals surface area contributed by atoms with E-state index in [0.29, 0.717) is 24.5 Å². The highest BCUT2D eigenvalue weighted by Gasteiger charge is 2.39. The molecule has 0 aliphatic carbocycles. The zero-order valence-electron chi connectivity index (χ0n) is 13.6. The van der Waals surface area contributed by atoms with Gasteiger partial charge in [0.05, 0.1) is 4.90 Å². The quantitative estimate of drug-likeness (QED) is 0.837. The Bertz CT molecular complexity index is 931. The molecule has 1 fully saturated rings. The summed E-state index contributed by atoms with van der Waals surface area (Å²) in [4.78, 5) is 12.4. The third-order valence-electron chi connectivity index (χ3n) is 5.11. The number of sulfonamides is 1. The van der Waals surface area contributed by atoms with Gasteiger partial charge in [0, 0.05) is 37.3 Å².